The number of likely N-dealkylation sites (tertiary alicyclic amines) is 1. The molecule has 1 heterocycles. The summed E-state index contributed by atoms with van der Waals surface area (Å²) < 4.78 is 5.99. The summed E-state index contributed by atoms with van der Waals surface area (Å²) in [5, 5.41) is 7.26. The van der Waals surface area contributed by atoms with Crippen LogP contribution in [-0.2, 0) is 0 Å². The van der Waals surface area contributed by atoms with E-state index in [1.807, 2.05) is 24.3 Å². The standard InChI is InChI=1S/C20H31N3OS/c25-20(21-13-6-16-23-14-4-1-5-15-23)22-17-9-11-19(12-10-17)24-18-7-2-3-8-18/h9-12,18H,1-8,13-16H2,(H2,21,22,25). The summed E-state index contributed by atoms with van der Waals surface area (Å²) in [6, 6.07) is 8.12. The molecule has 1 saturated heterocycles. The monoisotopic (exact) mass is 361 g/mol. The first-order chi connectivity index (χ1) is 12.3. The molecule has 1 saturated carbocycles. The van der Waals surface area contributed by atoms with Gasteiger partial charge in [-0.2, -0.15) is 0 Å². The third-order valence-corrected chi connectivity index (χ3v) is 5.35. The minimum absolute atomic E-state index is 0.404. The van der Waals surface area contributed by atoms with Gasteiger partial charge in [0.1, 0.15) is 5.75 Å². The highest BCUT2D eigenvalue weighted by Crippen LogP contribution is 2.24. The van der Waals surface area contributed by atoms with Crippen molar-refractivity contribution in [2.24, 2.45) is 0 Å². The smallest absolute Gasteiger partial charge is 0.170 e. The summed E-state index contributed by atoms with van der Waals surface area (Å²) in [5.74, 6) is 0.956. The van der Waals surface area contributed by atoms with Crippen LogP contribution in [0.5, 0.6) is 5.75 Å². The highest BCUT2D eigenvalue weighted by atomic mass is 32.1. The summed E-state index contributed by atoms with van der Waals surface area (Å²) in [4.78, 5) is 2.56. The molecule has 3 rings (SSSR count). The van der Waals surface area contributed by atoms with Crippen LogP contribution in [0.15, 0.2) is 24.3 Å². The molecule has 0 unspecified atom stereocenters. The number of nitrogens with zero attached hydrogens (tertiary/aromatic N) is 1. The average molecular weight is 362 g/mol. The Kier molecular flexibility index (Phi) is 7.37. The number of piperidine rings is 1. The zero-order valence-electron chi connectivity index (χ0n) is 15.1. The maximum absolute atomic E-state index is 5.99. The number of rotatable bonds is 7. The topological polar surface area (TPSA) is 36.5 Å². The number of thiocarbonyl (C=S) groups is 1. The van der Waals surface area contributed by atoms with E-state index in [2.05, 4.69) is 15.5 Å². The van der Waals surface area contributed by atoms with Crippen molar-refractivity contribution in [2.45, 2.75) is 57.5 Å². The molecule has 138 valence electrons. The molecule has 2 fully saturated rings. The van der Waals surface area contributed by atoms with Crippen LogP contribution in [0.2, 0.25) is 0 Å². The molecule has 1 aliphatic carbocycles. The van der Waals surface area contributed by atoms with Gasteiger partial charge < -0.3 is 20.3 Å². The van der Waals surface area contributed by atoms with Crippen molar-refractivity contribution >= 4 is 23.0 Å². The van der Waals surface area contributed by atoms with Gasteiger partial charge in [0.2, 0.25) is 0 Å². The molecule has 0 atom stereocenters. The number of benzene rings is 1. The predicted molar refractivity (Wildman–Crippen MR) is 108 cm³/mol. The fourth-order valence-electron chi connectivity index (χ4n) is 3.68. The molecule has 4 nitrogen and oxygen atoms in total. The molecule has 1 aromatic carbocycles. The molecule has 0 spiro atoms. The summed E-state index contributed by atoms with van der Waals surface area (Å²) in [6.07, 6.45) is 10.6. The van der Waals surface area contributed by atoms with Gasteiger partial charge in [0, 0.05) is 12.2 Å². The quantitative estimate of drug-likeness (QED) is 0.563. The normalized spacial score (nSPS) is 18.9. The number of ether oxygens (including phenoxy) is 1. The van der Waals surface area contributed by atoms with E-state index in [4.69, 9.17) is 17.0 Å². The van der Waals surface area contributed by atoms with Gasteiger partial charge in [-0.15, -0.1) is 0 Å². The summed E-state index contributed by atoms with van der Waals surface area (Å²) in [6.45, 7) is 4.62. The lowest BCUT2D eigenvalue weighted by atomic mass is 10.1. The van der Waals surface area contributed by atoms with Crippen LogP contribution in [0.3, 0.4) is 0 Å². The number of hydrogen-bond donors (Lipinski definition) is 2. The van der Waals surface area contributed by atoms with E-state index in [0.717, 1.165) is 24.4 Å². The van der Waals surface area contributed by atoms with E-state index < -0.39 is 0 Å². The van der Waals surface area contributed by atoms with Crippen molar-refractivity contribution in [2.75, 3.05) is 31.5 Å². The molecule has 0 amide bonds. The first-order valence-corrected chi connectivity index (χ1v) is 10.2. The Morgan fingerprint density at radius 3 is 2.48 bits per heavy atom. The van der Waals surface area contributed by atoms with Crippen molar-refractivity contribution in [1.82, 2.24) is 10.2 Å². The van der Waals surface area contributed by atoms with Gasteiger partial charge in [-0.3, -0.25) is 0 Å². The minimum atomic E-state index is 0.404. The van der Waals surface area contributed by atoms with Crippen LogP contribution in [0.25, 0.3) is 0 Å². The second kappa shape index (κ2) is 9.97. The Balaban J connectivity index is 1.31. The Bertz CT molecular complexity index is 522. The van der Waals surface area contributed by atoms with Gasteiger partial charge in [-0.25, -0.2) is 0 Å². The van der Waals surface area contributed by atoms with E-state index in [1.165, 1.54) is 64.6 Å². The molecule has 1 aliphatic heterocycles. The van der Waals surface area contributed by atoms with E-state index in [9.17, 15) is 0 Å². The minimum Gasteiger partial charge on any atom is -0.490 e. The largest absolute Gasteiger partial charge is 0.490 e. The van der Waals surface area contributed by atoms with Gasteiger partial charge >= 0.3 is 0 Å². The Morgan fingerprint density at radius 2 is 1.76 bits per heavy atom. The molecule has 5 heteroatoms. The summed E-state index contributed by atoms with van der Waals surface area (Å²) in [7, 11) is 0. The molecule has 0 radical (unpaired) electrons. The Labute approximate surface area is 157 Å². The molecule has 25 heavy (non-hydrogen) atoms. The van der Waals surface area contributed by atoms with Crippen LogP contribution < -0.4 is 15.4 Å². The molecule has 2 N–H and O–H groups in total. The zero-order chi connectivity index (χ0) is 17.3. The van der Waals surface area contributed by atoms with Crippen LogP contribution in [-0.4, -0.2) is 42.3 Å². The molecule has 0 bridgehead atoms. The Morgan fingerprint density at radius 1 is 1.04 bits per heavy atom. The molecule has 2 aliphatic rings. The maximum atomic E-state index is 5.99. The van der Waals surface area contributed by atoms with Crippen LogP contribution in [0.1, 0.15) is 51.4 Å². The summed E-state index contributed by atoms with van der Waals surface area (Å²) >= 11 is 5.39. The lowest BCUT2D eigenvalue weighted by molar-refractivity contribution is 0.210. The third-order valence-electron chi connectivity index (χ3n) is 5.10. The van der Waals surface area contributed by atoms with Gasteiger partial charge in [0.25, 0.3) is 0 Å². The van der Waals surface area contributed by atoms with Gasteiger partial charge in [-0.1, -0.05) is 6.42 Å². The molecular weight excluding hydrogens is 330 g/mol. The van der Waals surface area contributed by atoms with Crippen LogP contribution in [0, 0.1) is 0 Å². The maximum Gasteiger partial charge on any atom is 0.170 e. The predicted octanol–water partition coefficient (Wildman–Crippen LogP) is 4.17. The van der Waals surface area contributed by atoms with E-state index in [1.54, 1.807) is 0 Å². The third kappa shape index (κ3) is 6.48. The van der Waals surface area contributed by atoms with Crippen LogP contribution in [0.4, 0.5) is 5.69 Å². The van der Waals surface area contributed by atoms with Crippen molar-refractivity contribution in [3.05, 3.63) is 24.3 Å². The van der Waals surface area contributed by atoms with E-state index in [0.29, 0.717) is 11.2 Å². The number of hydrogen-bond acceptors (Lipinski definition) is 3. The second-order valence-corrected chi connectivity index (χ2v) is 7.59. The average Bonchev–Trinajstić information content (AvgIpc) is 3.14. The molecular formula is C20H31N3OS. The van der Waals surface area contributed by atoms with Crippen molar-refractivity contribution in [3.8, 4) is 5.75 Å². The Hall–Kier alpha value is -1.33. The van der Waals surface area contributed by atoms with Gasteiger partial charge in [0.05, 0.1) is 6.10 Å². The van der Waals surface area contributed by atoms with E-state index in [-0.39, 0.29) is 0 Å². The zero-order valence-corrected chi connectivity index (χ0v) is 16.0. The fraction of sp³-hybridized carbons (Fsp3) is 0.650. The first kappa shape index (κ1) is 18.5. The van der Waals surface area contributed by atoms with Crippen molar-refractivity contribution in [3.63, 3.8) is 0 Å². The van der Waals surface area contributed by atoms with Crippen molar-refractivity contribution < 1.29 is 4.74 Å². The lowest BCUT2D eigenvalue weighted by Crippen LogP contribution is -2.34. The lowest BCUT2D eigenvalue weighted by Gasteiger charge is -2.26. The fourth-order valence-corrected chi connectivity index (χ4v) is 3.90. The highest BCUT2D eigenvalue weighted by Gasteiger charge is 2.16. The summed E-state index contributed by atoms with van der Waals surface area (Å²) in [5.41, 5.74) is 1.01. The number of nitrogens with one attached hydrogen (secondary N) is 2. The molecule has 1 aromatic rings. The molecule has 0 aromatic heterocycles. The van der Waals surface area contributed by atoms with Crippen LogP contribution >= 0.6 is 12.2 Å². The van der Waals surface area contributed by atoms with Gasteiger partial charge in [0.15, 0.2) is 5.11 Å². The van der Waals surface area contributed by atoms with Gasteiger partial charge in [-0.05, 0) is 101 Å². The van der Waals surface area contributed by atoms with E-state index >= 15 is 0 Å². The second-order valence-electron chi connectivity index (χ2n) is 7.19. The van der Waals surface area contributed by atoms with Crippen molar-refractivity contribution in [1.29, 1.82) is 0 Å². The SMILES string of the molecule is S=C(NCCCN1CCCCC1)Nc1ccc(OC2CCCC2)cc1. The number of anilines is 1. The first-order valence-electron chi connectivity index (χ1n) is 9.83. The highest BCUT2D eigenvalue weighted by molar-refractivity contribution is 7.80.